The Kier molecular flexibility index (Phi) is 50.6. The van der Waals surface area contributed by atoms with Gasteiger partial charge in [-0.05, 0) is 138 Å². The third kappa shape index (κ3) is 37.5. The van der Waals surface area contributed by atoms with Crippen LogP contribution in [0.15, 0.2) is 0 Å². The first-order valence-corrected chi connectivity index (χ1v) is 39.7. The van der Waals surface area contributed by atoms with Crippen LogP contribution in [0.2, 0.25) is 0 Å². The van der Waals surface area contributed by atoms with E-state index in [4.69, 9.17) is 28.7 Å². The molecule has 0 aliphatic heterocycles. The fourth-order valence-electron chi connectivity index (χ4n) is 11.7. The van der Waals surface area contributed by atoms with Crippen LogP contribution in [0.1, 0.15) is 238 Å². The van der Waals surface area contributed by atoms with Gasteiger partial charge in [0.15, 0.2) is 0 Å². The molecular formula is C75H137N17O19. The van der Waals surface area contributed by atoms with Crippen molar-refractivity contribution < 1.29 is 92.0 Å². The third-order valence-corrected chi connectivity index (χ3v) is 20.9. The van der Waals surface area contributed by atoms with Crippen LogP contribution in [-0.4, -0.2) is 208 Å². The van der Waals surface area contributed by atoms with Crippen LogP contribution in [0.3, 0.4) is 0 Å². The molecule has 0 aliphatic rings. The topological polar surface area (TPSA) is 608 Å². The molecule has 111 heavy (non-hydrogen) atoms. The molecule has 0 heterocycles. The second kappa shape index (κ2) is 54.9. The molecule has 13 amide bonds. The smallest absolute Gasteiger partial charge is 0.303 e. The maximum absolute atomic E-state index is 14.8. The standard InChI is InChI=1S/C75H137N17O19/c1-15-40(8)56(79)70(106)81-50(31-34-53(93)94)67(103)90-58(42(10)17-3)72(108)83-48(29-23-26-38-77)65(101)88-61(45(13)20-6)75(111)86-52(33-36-55(97)98)69(105)92-60(44(12)19-5)73(109)84-49(30-24-27-39-78)66(102)89-62(46(14)21-7)74(110)85-51(32-35-54(95)96)68(104)91-59(43(11)18-4)71(107)82-47(28-22-25-37-76)64(100)87-57(63(80)99)41(9)16-2/h40-52,56-62H,15-39,76-79H2,1-14H3,(H2,80,99)(H,81,106)(H,82,107)(H,83,108)(H,84,109)(H,85,110)(H,86,111)(H,87,100)(H,88,101)(H,89,102)(H,90,103)(H,91,104)(H,92,105)(H,93,94)(H,95,96)(H,97,98)/t40-,41-,42-,43-,44-,45-,46-,47-,48-,49-,50-,51-,52-,56-,57-,58-,59-,60-,61-,62-/m0/s1. The molecule has 25 N–H and O–H groups in total. The molecule has 0 saturated heterocycles. The number of primary amides is 1. The predicted molar refractivity (Wildman–Crippen MR) is 416 cm³/mol. The summed E-state index contributed by atoms with van der Waals surface area (Å²) in [6.07, 6.45) is 1.17. The van der Waals surface area contributed by atoms with Gasteiger partial charge in [-0.1, -0.05) is 142 Å². The van der Waals surface area contributed by atoms with E-state index < -0.39 is 235 Å². The largest absolute Gasteiger partial charge is 0.481 e. The number of carbonyl (C=O) groups is 16. The molecule has 0 fully saturated rings. The second-order valence-electron chi connectivity index (χ2n) is 29.6. The number of carboxylic acid groups (broad SMARTS) is 3. The van der Waals surface area contributed by atoms with Gasteiger partial charge in [0, 0.05) is 19.3 Å². The van der Waals surface area contributed by atoms with Crippen molar-refractivity contribution in [1.82, 2.24) is 63.8 Å². The highest BCUT2D eigenvalue weighted by Crippen LogP contribution is 2.20. The lowest BCUT2D eigenvalue weighted by Crippen LogP contribution is -2.62. The fourth-order valence-corrected chi connectivity index (χ4v) is 11.7. The van der Waals surface area contributed by atoms with Crippen LogP contribution >= 0.6 is 0 Å². The van der Waals surface area contributed by atoms with Crippen molar-refractivity contribution in [3.8, 4) is 0 Å². The molecule has 0 radical (unpaired) electrons. The molecule has 0 spiro atoms. The summed E-state index contributed by atoms with van der Waals surface area (Å²) in [6, 6.07) is -18.1. The van der Waals surface area contributed by atoms with Crippen LogP contribution in [0.5, 0.6) is 0 Å². The zero-order valence-electron chi connectivity index (χ0n) is 68.0. The average Bonchev–Trinajstić information content (AvgIpc) is 0.845. The van der Waals surface area contributed by atoms with E-state index in [9.17, 15) is 92.0 Å². The van der Waals surface area contributed by atoms with Crippen molar-refractivity contribution in [2.75, 3.05) is 19.6 Å². The molecule has 0 aromatic heterocycles. The Morgan fingerprint density at radius 3 is 0.613 bits per heavy atom. The molecule has 0 bridgehead atoms. The van der Waals surface area contributed by atoms with Crippen molar-refractivity contribution in [1.29, 1.82) is 0 Å². The minimum absolute atomic E-state index is 0.0333. The van der Waals surface area contributed by atoms with Crippen molar-refractivity contribution in [2.24, 2.45) is 70.1 Å². The summed E-state index contributed by atoms with van der Waals surface area (Å²) in [4.78, 5) is 220. The lowest BCUT2D eigenvalue weighted by molar-refractivity contribution is -0.139. The van der Waals surface area contributed by atoms with Gasteiger partial charge in [-0.3, -0.25) is 76.7 Å². The molecule has 0 rings (SSSR count). The number of rotatable bonds is 60. The number of nitrogens with two attached hydrogens (primary N) is 5. The molecule has 0 aliphatic carbocycles. The van der Waals surface area contributed by atoms with Gasteiger partial charge in [-0.15, -0.1) is 0 Å². The molecule has 36 nitrogen and oxygen atoms in total. The maximum Gasteiger partial charge on any atom is 0.303 e. The van der Waals surface area contributed by atoms with E-state index >= 15 is 0 Å². The number of amides is 13. The molecule has 36 heteroatoms. The zero-order chi connectivity index (χ0) is 84.9. The van der Waals surface area contributed by atoms with Gasteiger partial charge < -0.3 is 108 Å². The molecule has 0 aromatic rings. The van der Waals surface area contributed by atoms with E-state index in [1.807, 2.05) is 6.92 Å². The summed E-state index contributed by atoms with van der Waals surface area (Å²) in [5.41, 5.74) is 29.2. The highest BCUT2D eigenvalue weighted by molar-refractivity contribution is 6.00. The van der Waals surface area contributed by atoms with Crippen LogP contribution < -0.4 is 92.5 Å². The first-order valence-electron chi connectivity index (χ1n) is 39.7. The highest BCUT2D eigenvalue weighted by atomic mass is 16.4. The Bertz CT molecular complexity index is 3000. The normalized spacial score (nSPS) is 16.7. The van der Waals surface area contributed by atoms with Crippen LogP contribution in [0.4, 0.5) is 0 Å². The zero-order valence-corrected chi connectivity index (χ0v) is 68.0. The highest BCUT2D eigenvalue weighted by Gasteiger charge is 2.41. The van der Waals surface area contributed by atoms with E-state index in [-0.39, 0.29) is 89.3 Å². The number of carboxylic acids is 3. The maximum atomic E-state index is 14.8. The van der Waals surface area contributed by atoms with Crippen molar-refractivity contribution in [3.63, 3.8) is 0 Å². The SMILES string of the molecule is CC[C@H](C)[C@H](N)C(=O)N[C@@H](CCC(=O)O)C(=O)N[C@H](C(=O)N[C@@H](CCCCN)C(=O)N[C@H](C(=O)N[C@@H](CCC(=O)O)C(=O)N[C@H](C(=O)N[C@@H](CCCCN)C(=O)N[C@H](C(=O)N[C@@H](CCC(=O)O)C(=O)N[C@H](C(=O)N[C@@H](CCCCN)C(=O)N[C@H](C(N)=O)[C@@H](C)CC)[C@@H](C)CC)[C@@H](C)CC)[C@@H](C)CC)[C@@H](C)CC)[C@@H](C)CC. The molecule has 636 valence electrons. The summed E-state index contributed by atoms with van der Waals surface area (Å²) in [5.74, 6) is -19.4. The van der Waals surface area contributed by atoms with Gasteiger partial charge in [0.1, 0.15) is 72.5 Å². The van der Waals surface area contributed by atoms with E-state index in [1.54, 1.807) is 90.0 Å². The Morgan fingerprint density at radius 2 is 0.432 bits per heavy atom. The lowest BCUT2D eigenvalue weighted by atomic mass is 9.95. The number of nitrogens with one attached hydrogen (secondary N) is 12. The summed E-state index contributed by atoms with van der Waals surface area (Å²) < 4.78 is 0. The lowest BCUT2D eigenvalue weighted by Gasteiger charge is -2.32. The number of carbonyl (C=O) groups excluding carboxylic acids is 13. The Hall–Kier alpha value is -8.64. The Morgan fingerprint density at radius 1 is 0.252 bits per heavy atom. The average molecular weight is 1580 g/mol. The monoisotopic (exact) mass is 1580 g/mol. The minimum atomic E-state index is -1.69. The molecule has 20 atom stereocenters. The fraction of sp³-hybridized carbons (Fsp3) is 0.787. The van der Waals surface area contributed by atoms with Gasteiger partial charge in [-0.25, -0.2) is 0 Å². The number of unbranched alkanes of at least 4 members (excludes halogenated alkanes) is 3. The van der Waals surface area contributed by atoms with Gasteiger partial charge in [0.25, 0.3) is 0 Å². The summed E-state index contributed by atoms with van der Waals surface area (Å²) >= 11 is 0. The summed E-state index contributed by atoms with van der Waals surface area (Å²) in [5, 5.41) is 61.0. The van der Waals surface area contributed by atoms with Crippen LogP contribution in [-0.2, 0) is 76.7 Å². The quantitative estimate of drug-likeness (QED) is 0.0354. The van der Waals surface area contributed by atoms with Crippen molar-refractivity contribution >= 4 is 94.7 Å². The number of aliphatic carboxylic acids is 3. The van der Waals surface area contributed by atoms with E-state index in [0.717, 1.165) is 0 Å². The van der Waals surface area contributed by atoms with Crippen molar-refractivity contribution in [3.05, 3.63) is 0 Å². The molecule has 0 unspecified atom stereocenters. The van der Waals surface area contributed by atoms with Gasteiger partial charge >= 0.3 is 17.9 Å². The number of hydrogen-bond acceptors (Lipinski definition) is 20. The first-order chi connectivity index (χ1) is 52.2. The van der Waals surface area contributed by atoms with Gasteiger partial charge in [0.05, 0.1) is 6.04 Å². The Labute approximate surface area is 654 Å². The second-order valence-corrected chi connectivity index (χ2v) is 29.6. The van der Waals surface area contributed by atoms with Gasteiger partial charge in [0.2, 0.25) is 76.8 Å². The molecule has 0 aromatic carbocycles. The van der Waals surface area contributed by atoms with Crippen LogP contribution in [0.25, 0.3) is 0 Å². The summed E-state index contributed by atoms with van der Waals surface area (Å²) in [7, 11) is 0. The van der Waals surface area contributed by atoms with Crippen LogP contribution in [0, 0.1) is 41.4 Å². The van der Waals surface area contributed by atoms with E-state index in [0.29, 0.717) is 51.4 Å². The number of hydrogen-bond donors (Lipinski definition) is 20. The van der Waals surface area contributed by atoms with E-state index in [1.165, 1.54) is 0 Å². The molecule has 0 saturated carbocycles. The minimum Gasteiger partial charge on any atom is -0.481 e. The predicted octanol–water partition coefficient (Wildman–Crippen LogP) is -0.0793. The Balaban J connectivity index is 7.40. The van der Waals surface area contributed by atoms with E-state index in [2.05, 4.69) is 63.8 Å². The molecular weight excluding hydrogens is 1440 g/mol. The van der Waals surface area contributed by atoms with Crippen molar-refractivity contribution in [2.45, 2.75) is 317 Å². The third-order valence-electron chi connectivity index (χ3n) is 20.9. The van der Waals surface area contributed by atoms with Gasteiger partial charge in [-0.2, -0.15) is 0 Å². The first kappa shape index (κ1) is 102. The summed E-state index contributed by atoms with van der Waals surface area (Å²) in [6.45, 7) is 24.4.